The summed E-state index contributed by atoms with van der Waals surface area (Å²) < 4.78 is 8.09. The lowest BCUT2D eigenvalue weighted by Crippen LogP contribution is -2.50. The Hall–Kier alpha value is -3.98. The third-order valence-electron chi connectivity index (χ3n) is 8.48. The molecule has 208 valence electrons. The summed E-state index contributed by atoms with van der Waals surface area (Å²) in [6.07, 6.45) is 6.56. The van der Waals surface area contributed by atoms with E-state index in [0.29, 0.717) is 18.2 Å². The number of benzene rings is 1. The lowest BCUT2D eigenvalue weighted by molar-refractivity contribution is -0.120. The van der Waals surface area contributed by atoms with E-state index in [1.165, 1.54) is 29.5 Å². The largest absolute Gasteiger partial charge is 0.486 e. The van der Waals surface area contributed by atoms with Crippen LogP contribution in [0.25, 0.3) is 11.5 Å². The Morgan fingerprint density at radius 2 is 1.90 bits per heavy atom. The Labute approximate surface area is 234 Å². The molecule has 1 N–H and O–H groups in total. The second kappa shape index (κ2) is 10.2. The van der Waals surface area contributed by atoms with Gasteiger partial charge in [0.1, 0.15) is 23.4 Å². The standard InChI is InChI=1S/C31H36N6O3/c1-20-7-5-6-8-25(20)40-23-12-9-21(10-13-23)18-36-19-22-11-14-24(33-28(22)31(36,2)3)29-32-17-27(35(29)4)37-16-15-26(38)34-30(37)39/h9-14,17,25H,1,5-8,15-16,18-19H2,2-4H3,(H,34,38,39)/t25-/m1/s1. The monoisotopic (exact) mass is 540 g/mol. The van der Waals surface area contributed by atoms with E-state index in [1.807, 2.05) is 17.7 Å². The van der Waals surface area contributed by atoms with Gasteiger partial charge in [-0.3, -0.25) is 19.9 Å². The van der Waals surface area contributed by atoms with Gasteiger partial charge in [0.15, 0.2) is 5.82 Å². The maximum Gasteiger partial charge on any atom is 0.329 e. The van der Waals surface area contributed by atoms with Crippen molar-refractivity contribution < 1.29 is 14.3 Å². The SMILES string of the molecule is C=C1CCCC[C@H]1Oc1ccc(CN2Cc3ccc(-c4ncc(N5CCC(=O)NC5=O)n4C)nc3C2(C)C)cc1. The highest BCUT2D eigenvalue weighted by Gasteiger charge is 2.39. The number of rotatable bonds is 6. The zero-order valence-electron chi connectivity index (χ0n) is 23.4. The van der Waals surface area contributed by atoms with Crippen LogP contribution in [0.1, 0.15) is 62.8 Å². The second-order valence-corrected chi connectivity index (χ2v) is 11.5. The minimum atomic E-state index is -0.427. The first-order chi connectivity index (χ1) is 19.2. The lowest BCUT2D eigenvalue weighted by atomic mass is 9.93. The summed E-state index contributed by atoms with van der Waals surface area (Å²) in [5, 5.41) is 2.37. The van der Waals surface area contributed by atoms with E-state index < -0.39 is 6.03 Å². The fourth-order valence-electron chi connectivity index (χ4n) is 6.00. The van der Waals surface area contributed by atoms with Gasteiger partial charge in [0.25, 0.3) is 0 Å². The number of imide groups is 1. The Morgan fingerprint density at radius 3 is 2.65 bits per heavy atom. The fraction of sp³-hybridized carbons (Fsp3) is 0.419. The van der Waals surface area contributed by atoms with Gasteiger partial charge in [-0.25, -0.2) is 14.8 Å². The number of pyridine rings is 1. The van der Waals surface area contributed by atoms with E-state index in [2.05, 4.69) is 66.0 Å². The molecule has 6 rings (SSSR count). The summed E-state index contributed by atoms with van der Waals surface area (Å²) >= 11 is 0. The van der Waals surface area contributed by atoms with Crippen LogP contribution in [0.15, 0.2) is 54.7 Å². The number of ether oxygens (including phenoxy) is 1. The Bertz CT molecular complexity index is 1470. The van der Waals surface area contributed by atoms with E-state index >= 15 is 0 Å². The first-order valence-electron chi connectivity index (χ1n) is 14.0. The van der Waals surface area contributed by atoms with Crippen LogP contribution >= 0.6 is 0 Å². The molecule has 0 bridgehead atoms. The minimum Gasteiger partial charge on any atom is -0.486 e. The summed E-state index contributed by atoms with van der Waals surface area (Å²) in [6.45, 7) is 10.5. The molecule has 3 aromatic rings. The summed E-state index contributed by atoms with van der Waals surface area (Å²) in [7, 11) is 1.87. The van der Waals surface area contributed by atoms with Crippen molar-refractivity contribution in [1.29, 1.82) is 0 Å². The summed E-state index contributed by atoms with van der Waals surface area (Å²) in [5.41, 5.74) is 5.14. The smallest absolute Gasteiger partial charge is 0.329 e. The lowest BCUT2D eigenvalue weighted by Gasteiger charge is -2.32. The number of aromatic nitrogens is 3. The van der Waals surface area contributed by atoms with Gasteiger partial charge in [-0.1, -0.05) is 24.8 Å². The fourth-order valence-corrected chi connectivity index (χ4v) is 6.00. The number of imidazole rings is 1. The predicted octanol–water partition coefficient (Wildman–Crippen LogP) is 5.06. The number of amides is 3. The van der Waals surface area contributed by atoms with Crippen molar-refractivity contribution >= 4 is 17.8 Å². The van der Waals surface area contributed by atoms with Crippen molar-refractivity contribution in [3.05, 3.63) is 71.6 Å². The number of urea groups is 1. The maximum absolute atomic E-state index is 12.4. The average molecular weight is 541 g/mol. The average Bonchev–Trinajstić information content (AvgIpc) is 3.42. The molecule has 2 aromatic heterocycles. The zero-order valence-corrected chi connectivity index (χ0v) is 23.4. The number of nitrogens with one attached hydrogen (secondary N) is 1. The molecule has 9 nitrogen and oxygen atoms in total. The second-order valence-electron chi connectivity index (χ2n) is 11.5. The van der Waals surface area contributed by atoms with E-state index in [1.54, 1.807) is 11.1 Å². The Morgan fingerprint density at radius 1 is 1.10 bits per heavy atom. The number of anilines is 1. The van der Waals surface area contributed by atoms with Crippen LogP contribution in [0.5, 0.6) is 5.75 Å². The van der Waals surface area contributed by atoms with Gasteiger partial charge in [0.05, 0.1) is 17.4 Å². The third-order valence-corrected chi connectivity index (χ3v) is 8.48. The topological polar surface area (TPSA) is 92.6 Å². The van der Waals surface area contributed by atoms with Crippen LogP contribution in [0, 0.1) is 0 Å². The van der Waals surface area contributed by atoms with Gasteiger partial charge in [-0.05, 0) is 74.4 Å². The molecule has 1 aliphatic carbocycles. The molecule has 40 heavy (non-hydrogen) atoms. The number of carbonyl (C=O) groups excluding carboxylic acids is 2. The van der Waals surface area contributed by atoms with Crippen LogP contribution in [-0.4, -0.2) is 44.0 Å². The van der Waals surface area contributed by atoms with Crippen LogP contribution in [-0.2, 0) is 30.5 Å². The molecule has 1 aromatic carbocycles. The highest BCUT2D eigenvalue weighted by atomic mass is 16.5. The van der Waals surface area contributed by atoms with Gasteiger partial charge in [-0.2, -0.15) is 0 Å². The highest BCUT2D eigenvalue weighted by Crippen LogP contribution is 2.40. The van der Waals surface area contributed by atoms with Crippen molar-refractivity contribution in [3.8, 4) is 17.3 Å². The molecule has 1 saturated heterocycles. The highest BCUT2D eigenvalue weighted by molar-refractivity contribution is 6.05. The van der Waals surface area contributed by atoms with E-state index in [4.69, 9.17) is 9.72 Å². The number of hydrogen-bond donors (Lipinski definition) is 1. The van der Waals surface area contributed by atoms with Gasteiger partial charge >= 0.3 is 6.03 Å². The van der Waals surface area contributed by atoms with E-state index in [0.717, 1.165) is 43.1 Å². The molecular weight excluding hydrogens is 504 g/mol. The molecule has 3 amide bonds. The number of fused-ring (bicyclic) bond motifs is 1. The van der Waals surface area contributed by atoms with Crippen molar-refractivity contribution in [3.63, 3.8) is 0 Å². The molecule has 2 fully saturated rings. The van der Waals surface area contributed by atoms with Crippen molar-refractivity contribution in [2.45, 2.75) is 70.7 Å². The number of hydrogen-bond acceptors (Lipinski definition) is 6. The van der Waals surface area contributed by atoms with Crippen LogP contribution in [0.2, 0.25) is 0 Å². The normalized spacial score (nSPS) is 20.9. The van der Waals surface area contributed by atoms with Crippen LogP contribution in [0.3, 0.4) is 0 Å². The molecule has 1 saturated carbocycles. The van der Waals surface area contributed by atoms with Gasteiger partial charge < -0.3 is 9.30 Å². The molecule has 2 aliphatic heterocycles. The molecular formula is C31H36N6O3. The van der Waals surface area contributed by atoms with Gasteiger partial charge in [0.2, 0.25) is 5.91 Å². The predicted molar refractivity (Wildman–Crippen MR) is 153 cm³/mol. The summed E-state index contributed by atoms with van der Waals surface area (Å²) in [6, 6.07) is 12.1. The minimum absolute atomic E-state index is 0.128. The summed E-state index contributed by atoms with van der Waals surface area (Å²) in [4.78, 5) is 37.6. The van der Waals surface area contributed by atoms with Crippen LogP contribution < -0.4 is 15.0 Å². The Kier molecular flexibility index (Phi) is 6.70. The first-order valence-corrected chi connectivity index (χ1v) is 14.0. The Balaban J connectivity index is 1.17. The van der Waals surface area contributed by atoms with E-state index in [-0.39, 0.29) is 24.0 Å². The molecule has 0 spiro atoms. The quantitative estimate of drug-likeness (QED) is 0.440. The van der Waals surface area contributed by atoms with E-state index in [9.17, 15) is 9.59 Å². The van der Waals surface area contributed by atoms with Gasteiger partial charge in [0, 0.05) is 33.1 Å². The molecule has 4 heterocycles. The molecule has 0 unspecified atom stereocenters. The van der Waals surface area contributed by atoms with Crippen molar-refractivity contribution in [1.82, 2.24) is 24.8 Å². The van der Waals surface area contributed by atoms with Crippen molar-refractivity contribution in [2.24, 2.45) is 7.05 Å². The molecule has 0 radical (unpaired) electrons. The third kappa shape index (κ3) is 4.79. The maximum atomic E-state index is 12.4. The summed E-state index contributed by atoms with van der Waals surface area (Å²) in [5.74, 6) is 1.94. The first kappa shape index (κ1) is 26.3. The van der Waals surface area contributed by atoms with Crippen LogP contribution in [0.4, 0.5) is 10.6 Å². The molecule has 3 aliphatic rings. The molecule has 9 heteroatoms. The molecule has 1 atom stereocenters. The number of nitrogens with zero attached hydrogens (tertiary/aromatic N) is 5. The number of carbonyl (C=O) groups is 2. The van der Waals surface area contributed by atoms with Gasteiger partial charge in [-0.15, -0.1) is 0 Å². The zero-order chi connectivity index (χ0) is 28.0. The van der Waals surface area contributed by atoms with Crippen molar-refractivity contribution in [2.75, 3.05) is 11.4 Å².